The lowest BCUT2D eigenvalue weighted by atomic mass is 10.0. The third kappa shape index (κ3) is 3.91. The predicted octanol–water partition coefficient (Wildman–Crippen LogP) is 2.60. The van der Waals surface area contributed by atoms with Gasteiger partial charge in [-0.3, -0.25) is 0 Å². The quantitative estimate of drug-likeness (QED) is 0.901. The summed E-state index contributed by atoms with van der Waals surface area (Å²) in [5, 5.41) is 4.64. The van der Waals surface area contributed by atoms with Crippen LogP contribution in [0, 0.1) is 0 Å². The fourth-order valence-electron chi connectivity index (χ4n) is 2.36. The lowest BCUT2D eigenvalue weighted by Gasteiger charge is -2.18. The normalized spacial score (nSPS) is 22.5. The summed E-state index contributed by atoms with van der Waals surface area (Å²) < 4.78 is 22.7. The Balaban J connectivity index is 1.96. The Bertz CT molecular complexity index is 546. The third-order valence-corrected chi connectivity index (χ3v) is 4.81. The minimum atomic E-state index is -2.98. The summed E-state index contributed by atoms with van der Waals surface area (Å²) in [5.74, 6) is 0.172. The molecule has 104 valence electrons. The van der Waals surface area contributed by atoms with Crippen LogP contribution in [-0.2, 0) is 16.3 Å². The Kier molecular flexibility index (Phi) is 4.42. The van der Waals surface area contributed by atoms with Gasteiger partial charge in [-0.25, -0.2) is 8.42 Å². The number of hydrogen-bond donors (Lipinski definition) is 1. The van der Waals surface area contributed by atoms with E-state index in [-0.39, 0.29) is 17.8 Å². The molecule has 0 fully saturated rings. The van der Waals surface area contributed by atoms with Crippen molar-refractivity contribution >= 4 is 9.84 Å². The molecular weight excluding hydrogens is 258 g/mol. The maximum Gasteiger partial charge on any atom is 0.173 e. The van der Waals surface area contributed by atoms with E-state index in [1.165, 1.54) is 16.5 Å². The van der Waals surface area contributed by atoms with E-state index >= 15 is 0 Å². The Labute approximate surface area is 115 Å². The van der Waals surface area contributed by atoms with E-state index in [1.807, 2.05) is 0 Å². The molecule has 1 aromatic rings. The van der Waals surface area contributed by atoms with E-state index < -0.39 is 9.84 Å². The summed E-state index contributed by atoms with van der Waals surface area (Å²) in [6, 6.07) is 8.62. The van der Waals surface area contributed by atoms with Crippen molar-refractivity contribution in [2.45, 2.75) is 38.8 Å². The summed E-state index contributed by atoms with van der Waals surface area (Å²) in [6.45, 7) is 4.23. The number of sulfone groups is 1. The molecule has 1 aromatic carbocycles. The molecule has 4 heteroatoms. The zero-order valence-electron chi connectivity index (χ0n) is 11.5. The van der Waals surface area contributed by atoms with Crippen molar-refractivity contribution in [1.29, 1.82) is 0 Å². The average Bonchev–Trinajstić information content (AvgIpc) is 2.70. The molecule has 0 amide bonds. The van der Waals surface area contributed by atoms with E-state index in [0.29, 0.717) is 0 Å². The van der Waals surface area contributed by atoms with E-state index in [9.17, 15) is 8.42 Å². The molecule has 1 aliphatic heterocycles. The second-order valence-electron chi connectivity index (χ2n) is 5.14. The fraction of sp³-hybridized carbons (Fsp3) is 0.467. The fourth-order valence-corrected chi connectivity index (χ4v) is 3.61. The van der Waals surface area contributed by atoms with Crippen LogP contribution in [0.25, 0.3) is 0 Å². The second-order valence-corrected chi connectivity index (χ2v) is 7.08. The van der Waals surface area contributed by atoms with Crippen LogP contribution < -0.4 is 5.32 Å². The Morgan fingerprint density at radius 2 is 2.00 bits per heavy atom. The molecule has 2 atom stereocenters. The Morgan fingerprint density at radius 3 is 2.53 bits per heavy atom. The van der Waals surface area contributed by atoms with Crippen molar-refractivity contribution in [3.63, 3.8) is 0 Å². The van der Waals surface area contributed by atoms with Crippen molar-refractivity contribution in [1.82, 2.24) is 5.32 Å². The Morgan fingerprint density at radius 1 is 1.32 bits per heavy atom. The number of benzene rings is 1. The van der Waals surface area contributed by atoms with Gasteiger partial charge in [-0.05, 0) is 24.5 Å². The number of rotatable bonds is 5. The molecule has 1 N–H and O–H groups in total. The SMILES string of the molecule is CCCc1ccc(C(C)NC2C=CS(=O)(=O)C2)cc1. The van der Waals surface area contributed by atoms with Gasteiger partial charge in [-0.15, -0.1) is 0 Å². The highest BCUT2D eigenvalue weighted by atomic mass is 32.2. The van der Waals surface area contributed by atoms with E-state index in [4.69, 9.17) is 0 Å². The topological polar surface area (TPSA) is 46.2 Å². The third-order valence-electron chi connectivity index (χ3n) is 3.41. The van der Waals surface area contributed by atoms with Crippen LogP contribution in [-0.4, -0.2) is 20.2 Å². The highest BCUT2D eigenvalue weighted by Gasteiger charge is 2.22. The molecule has 1 aliphatic rings. The minimum absolute atomic E-state index is 0.0738. The smallest absolute Gasteiger partial charge is 0.173 e. The minimum Gasteiger partial charge on any atom is -0.303 e. The molecule has 1 heterocycles. The average molecular weight is 279 g/mol. The number of aryl methyl sites for hydroxylation is 1. The van der Waals surface area contributed by atoms with Gasteiger partial charge in [-0.2, -0.15) is 0 Å². The van der Waals surface area contributed by atoms with Crippen LogP contribution in [0.4, 0.5) is 0 Å². The molecule has 19 heavy (non-hydrogen) atoms. The van der Waals surface area contributed by atoms with Crippen LogP contribution in [0.2, 0.25) is 0 Å². The molecule has 2 rings (SSSR count). The molecule has 0 saturated carbocycles. The first-order valence-corrected chi connectivity index (χ1v) is 8.47. The highest BCUT2D eigenvalue weighted by Crippen LogP contribution is 2.17. The van der Waals surface area contributed by atoms with E-state index in [0.717, 1.165) is 12.8 Å². The molecule has 0 saturated heterocycles. The molecule has 0 spiro atoms. The molecule has 0 radical (unpaired) electrons. The van der Waals surface area contributed by atoms with Gasteiger partial charge >= 0.3 is 0 Å². The maximum atomic E-state index is 11.3. The van der Waals surface area contributed by atoms with Crippen LogP contribution in [0.5, 0.6) is 0 Å². The van der Waals surface area contributed by atoms with Crippen LogP contribution in [0.15, 0.2) is 35.7 Å². The summed E-state index contributed by atoms with van der Waals surface area (Å²) in [5.41, 5.74) is 2.54. The van der Waals surface area contributed by atoms with Crippen LogP contribution in [0.3, 0.4) is 0 Å². The van der Waals surface area contributed by atoms with Crippen LogP contribution in [0.1, 0.15) is 37.4 Å². The number of nitrogens with one attached hydrogen (secondary N) is 1. The van der Waals surface area contributed by atoms with Crippen molar-refractivity contribution in [3.8, 4) is 0 Å². The van der Waals surface area contributed by atoms with E-state index in [1.54, 1.807) is 6.08 Å². The van der Waals surface area contributed by atoms with Crippen molar-refractivity contribution in [2.24, 2.45) is 0 Å². The van der Waals surface area contributed by atoms with Gasteiger partial charge in [-0.1, -0.05) is 43.7 Å². The molecule has 0 aliphatic carbocycles. The lowest BCUT2D eigenvalue weighted by Crippen LogP contribution is -2.32. The molecule has 0 bridgehead atoms. The van der Waals surface area contributed by atoms with Crippen molar-refractivity contribution in [2.75, 3.05) is 5.75 Å². The zero-order chi connectivity index (χ0) is 13.9. The van der Waals surface area contributed by atoms with Crippen LogP contribution >= 0.6 is 0 Å². The van der Waals surface area contributed by atoms with Gasteiger partial charge in [0.2, 0.25) is 0 Å². The summed E-state index contributed by atoms with van der Waals surface area (Å²) >= 11 is 0. The molecule has 2 unspecified atom stereocenters. The van der Waals surface area contributed by atoms with Crippen molar-refractivity contribution in [3.05, 3.63) is 46.9 Å². The lowest BCUT2D eigenvalue weighted by molar-refractivity contribution is 0.535. The predicted molar refractivity (Wildman–Crippen MR) is 78.7 cm³/mol. The largest absolute Gasteiger partial charge is 0.303 e. The Hall–Kier alpha value is -1.13. The summed E-state index contributed by atoms with van der Waals surface area (Å²) in [7, 11) is -2.98. The molecule has 0 aromatic heterocycles. The van der Waals surface area contributed by atoms with Gasteiger partial charge in [0.25, 0.3) is 0 Å². The van der Waals surface area contributed by atoms with Gasteiger partial charge in [0.1, 0.15) is 0 Å². The number of hydrogen-bond acceptors (Lipinski definition) is 3. The highest BCUT2D eigenvalue weighted by molar-refractivity contribution is 7.94. The standard InChI is InChI=1S/C15H21NO2S/c1-3-4-13-5-7-14(8-6-13)12(2)16-15-9-10-19(17,18)11-15/h5-10,12,15-16H,3-4,11H2,1-2H3. The molecular formula is C15H21NO2S. The zero-order valence-corrected chi connectivity index (χ0v) is 12.3. The second kappa shape index (κ2) is 5.88. The first-order valence-electron chi connectivity index (χ1n) is 6.76. The first-order chi connectivity index (χ1) is 9.00. The maximum absolute atomic E-state index is 11.3. The summed E-state index contributed by atoms with van der Waals surface area (Å²) in [4.78, 5) is 0. The van der Waals surface area contributed by atoms with Gasteiger partial charge in [0.05, 0.1) is 5.75 Å². The molecule has 3 nitrogen and oxygen atoms in total. The van der Waals surface area contributed by atoms with Gasteiger partial charge < -0.3 is 5.32 Å². The van der Waals surface area contributed by atoms with Gasteiger partial charge in [0, 0.05) is 17.5 Å². The van der Waals surface area contributed by atoms with E-state index in [2.05, 4.69) is 43.4 Å². The van der Waals surface area contributed by atoms with Gasteiger partial charge in [0.15, 0.2) is 9.84 Å². The monoisotopic (exact) mass is 279 g/mol. The van der Waals surface area contributed by atoms with Crippen molar-refractivity contribution < 1.29 is 8.42 Å². The first kappa shape index (κ1) is 14.3. The summed E-state index contributed by atoms with van der Waals surface area (Å²) in [6.07, 6.45) is 3.99.